The number of hydrazine groups is 1. The molecule has 0 spiro atoms. The summed E-state index contributed by atoms with van der Waals surface area (Å²) in [5.74, 6) is 0.245. The zero-order valence-corrected chi connectivity index (χ0v) is 16.6. The first-order valence-corrected chi connectivity index (χ1v) is 8.82. The van der Waals surface area contributed by atoms with Crippen LogP contribution in [0.1, 0.15) is 22.3 Å². The molecule has 2 rings (SSSR count). The summed E-state index contributed by atoms with van der Waals surface area (Å²) in [5, 5.41) is 0.669. The minimum atomic E-state index is -0.485. The van der Waals surface area contributed by atoms with Crippen molar-refractivity contribution in [2.45, 2.75) is 27.7 Å². The van der Waals surface area contributed by atoms with Gasteiger partial charge in [0.1, 0.15) is 11.5 Å². The van der Waals surface area contributed by atoms with Gasteiger partial charge in [-0.3, -0.25) is 20.4 Å². The number of carbonyl (C=O) groups is 2. The molecule has 6 nitrogen and oxygen atoms in total. The van der Waals surface area contributed by atoms with E-state index in [4.69, 9.17) is 21.1 Å². The topological polar surface area (TPSA) is 76.7 Å². The summed E-state index contributed by atoms with van der Waals surface area (Å²) in [4.78, 5) is 23.7. The van der Waals surface area contributed by atoms with Crippen molar-refractivity contribution in [2.24, 2.45) is 0 Å². The number of para-hydroxylation sites is 1. The van der Waals surface area contributed by atoms with E-state index in [0.29, 0.717) is 16.5 Å². The lowest BCUT2D eigenvalue weighted by atomic mass is 10.1. The van der Waals surface area contributed by atoms with Gasteiger partial charge in [0.05, 0.1) is 0 Å². The highest BCUT2D eigenvalue weighted by Crippen LogP contribution is 2.25. The Kier molecular flexibility index (Phi) is 7.07. The fraction of sp³-hybridized carbons (Fsp3) is 0.300. The molecular weight excluding hydrogens is 368 g/mol. The molecule has 0 saturated heterocycles. The molecule has 2 aromatic carbocycles. The molecule has 27 heavy (non-hydrogen) atoms. The second kappa shape index (κ2) is 9.28. The van der Waals surface area contributed by atoms with E-state index >= 15 is 0 Å². The Morgan fingerprint density at radius 3 is 1.85 bits per heavy atom. The molecule has 0 aromatic heterocycles. The fourth-order valence-electron chi connectivity index (χ4n) is 2.51. The average Bonchev–Trinajstić information content (AvgIpc) is 2.62. The van der Waals surface area contributed by atoms with Crippen molar-refractivity contribution in [1.29, 1.82) is 0 Å². The lowest BCUT2D eigenvalue weighted by Crippen LogP contribution is -2.45. The molecule has 0 heterocycles. The van der Waals surface area contributed by atoms with Gasteiger partial charge in [-0.1, -0.05) is 29.8 Å². The van der Waals surface area contributed by atoms with Gasteiger partial charge >= 0.3 is 0 Å². The van der Waals surface area contributed by atoms with Crippen molar-refractivity contribution in [3.05, 3.63) is 57.6 Å². The van der Waals surface area contributed by atoms with Gasteiger partial charge in [0.2, 0.25) is 0 Å². The van der Waals surface area contributed by atoms with Crippen LogP contribution in [0.15, 0.2) is 30.3 Å². The van der Waals surface area contributed by atoms with E-state index in [2.05, 4.69) is 10.9 Å². The van der Waals surface area contributed by atoms with Crippen molar-refractivity contribution < 1.29 is 19.1 Å². The van der Waals surface area contributed by atoms with Gasteiger partial charge in [0.25, 0.3) is 11.8 Å². The summed E-state index contributed by atoms with van der Waals surface area (Å²) in [6, 6.07) is 9.22. The predicted octanol–water partition coefficient (Wildman–Crippen LogP) is 3.18. The second-order valence-corrected chi connectivity index (χ2v) is 6.64. The van der Waals surface area contributed by atoms with E-state index in [-0.39, 0.29) is 13.2 Å². The van der Waals surface area contributed by atoms with Gasteiger partial charge < -0.3 is 9.47 Å². The van der Waals surface area contributed by atoms with Crippen LogP contribution in [-0.2, 0) is 9.59 Å². The maximum atomic E-state index is 11.8. The van der Waals surface area contributed by atoms with Crippen molar-refractivity contribution in [3.8, 4) is 11.5 Å². The number of ether oxygens (including phenoxy) is 2. The zero-order chi connectivity index (χ0) is 20.0. The van der Waals surface area contributed by atoms with Crippen LogP contribution in [0.4, 0.5) is 0 Å². The minimum absolute atomic E-state index is 0.206. The number of carbonyl (C=O) groups excluding carboxylic acids is 2. The summed E-state index contributed by atoms with van der Waals surface area (Å²) in [5.41, 5.74) is 8.19. The largest absolute Gasteiger partial charge is 0.484 e. The van der Waals surface area contributed by atoms with Crippen molar-refractivity contribution in [3.63, 3.8) is 0 Å². The Morgan fingerprint density at radius 1 is 0.852 bits per heavy atom. The van der Waals surface area contributed by atoms with E-state index in [1.165, 1.54) is 0 Å². The molecule has 144 valence electrons. The summed E-state index contributed by atoms with van der Waals surface area (Å²) in [6.07, 6.45) is 0. The lowest BCUT2D eigenvalue weighted by Gasteiger charge is -2.13. The average molecular weight is 391 g/mol. The maximum absolute atomic E-state index is 11.8. The second-order valence-electron chi connectivity index (χ2n) is 6.27. The number of hydrogen-bond donors (Lipinski definition) is 2. The van der Waals surface area contributed by atoms with E-state index < -0.39 is 11.8 Å². The Hall–Kier alpha value is -2.73. The number of benzene rings is 2. The number of halogens is 1. The molecule has 0 fully saturated rings. The summed E-state index contributed by atoms with van der Waals surface area (Å²) in [7, 11) is 0. The number of aryl methyl sites for hydroxylation is 4. The SMILES string of the molecule is Cc1cc(OCC(=O)NNC(=O)COc2c(C)cccc2C)cc(C)c1Cl. The van der Waals surface area contributed by atoms with Gasteiger partial charge in [0.15, 0.2) is 13.2 Å². The molecule has 0 saturated carbocycles. The van der Waals surface area contributed by atoms with Crippen LogP contribution in [0, 0.1) is 27.7 Å². The van der Waals surface area contributed by atoms with Crippen LogP contribution in [0.3, 0.4) is 0 Å². The summed E-state index contributed by atoms with van der Waals surface area (Å²) < 4.78 is 10.9. The van der Waals surface area contributed by atoms with Crippen LogP contribution in [0.25, 0.3) is 0 Å². The molecule has 0 atom stereocenters. The lowest BCUT2D eigenvalue weighted by molar-refractivity contribution is -0.131. The van der Waals surface area contributed by atoms with Crippen molar-refractivity contribution in [1.82, 2.24) is 10.9 Å². The molecule has 0 bridgehead atoms. The van der Waals surface area contributed by atoms with E-state index in [9.17, 15) is 9.59 Å². The number of nitrogens with one attached hydrogen (secondary N) is 2. The normalized spacial score (nSPS) is 10.3. The van der Waals surface area contributed by atoms with Gasteiger partial charge in [0, 0.05) is 5.02 Å². The quantitative estimate of drug-likeness (QED) is 0.743. The summed E-state index contributed by atoms with van der Waals surface area (Å²) >= 11 is 6.10. The van der Waals surface area contributed by atoms with E-state index in [0.717, 1.165) is 22.3 Å². The Labute approximate surface area is 163 Å². The number of amides is 2. The van der Waals surface area contributed by atoms with Crippen molar-refractivity contribution >= 4 is 23.4 Å². The predicted molar refractivity (Wildman–Crippen MR) is 104 cm³/mol. The smallest absolute Gasteiger partial charge is 0.276 e. The molecule has 7 heteroatoms. The maximum Gasteiger partial charge on any atom is 0.276 e. The van der Waals surface area contributed by atoms with Crippen LogP contribution < -0.4 is 20.3 Å². The van der Waals surface area contributed by atoms with Crippen molar-refractivity contribution in [2.75, 3.05) is 13.2 Å². The van der Waals surface area contributed by atoms with Gasteiger partial charge in [-0.05, 0) is 62.1 Å². The molecule has 0 radical (unpaired) electrons. The van der Waals surface area contributed by atoms with E-state index in [1.807, 2.05) is 45.9 Å². The molecule has 2 aromatic rings. The van der Waals surface area contributed by atoms with Crippen LogP contribution >= 0.6 is 11.6 Å². The highest BCUT2D eigenvalue weighted by Gasteiger charge is 2.10. The van der Waals surface area contributed by atoms with Gasteiger partial charge in [-0.25, -0.2) is 0 Å². The standard InChI is InChI=1S/C20H23ClN2O4/c1-12-6-5-7-13(2)20(12)27-11-18(25)23-22-17(24)10-26-16-8-14(3)19(21)15(4)9-16/h5-9H,10-11H2,1-4H3,(H,22,24)(H,23,25). The number of hydrogen-bond acceptors (Lipinski definition) is 4. The third-order valence-corrected chi connectivity index (χ3v) is 4.47. The minimum Gasteiger partial charge on any atom is -0.484 e. The van der Waals surface area contributed by atoms with Crippen LogP contribution in [0.5, 0.6) is 11.5 Å². The third kappa shape index (κ3) is 5.89. The molecular formula is C20H23ClN2O4. The molecule has 0 aliphatic heterocycles. The number of rotatable bonds is 6. The molecule has 0 unspecified atom stereocenters. The first-order chi connectivity index (χ1) is 12.8. The Balaban J connectivity index is 1.76. The molecule has 2 N–H and O–H groups in total. The van der Waals surface area contributed by atoms with Crippen LogP contribution in [0.2, 0.25) is 5.02 Å². The fourth-order valence-corrected chi connectivity index (χ4v) is 2.62. The van der Waals surface area contributed by atoms with Crippen LogP contribution in [-0.4, -0.2) is 25.0 Å². The zero-order valence-electron chi connectivity index (χ0n) is 15.8. The van der Waals surface area contributed by atoms with Gasteiger partial charge in [-0.15, -0.1) is 0 Å². The first-order valence-electron chi connectivity index (χ1n) is 8.44. The Morgan fingerprint density at radius 2 is 1.33 bits per heavy atom. The highest BCUT2D eigenvalue weighted by molar-refractivity contribution is 6.32. The first kappa shape index (κ1) is 20.6. The molecule has 2 amide bonds. The molecule has 0 aliphatic rings. The van der Waals surface area contributed by atoms with Gasteiger partial charge in [-0.2, -0.15) is 0 Å². The van der Waals surface area contributed by atoms with E-state index in [1.54, 1.807) is 12.1 Å². The molecule has 0 aliphatic carbocycles. The summed E-state index contributed by atoms with van der Waals surface area (Å²) in [6.45, 7) is 7.08. The highest BCUT2D eigenvalue weighted by atomic mass is 35.5. The third-order valence-electron chi connectivity index (χ3n) is 3.88. The Bertz CT molecular complexity index is 809. The monoisotopic (exact) mass is 390 g/mol.